The van der Waals surface area contributed by atoms with Crippen molar-refractivity contribution in [3.05, 3.63) is 65.4 Å². The first-order chi connectivity index (χ1) is 9.66. The number of ether oxygens (including phenoxy) is 1. The number of fused-ring (bicyclic) bond motifs is 1. The minimum absolute atomic E-state index is 0.593. The summed E-state index contributed by atoms with van der Waals surface area (Å²) in [5, 5.41) is 1.30. The molecule has 3 aromatic rings. The summed E-state index contributed by atoms with van der Waals surface area (Å²) in [5.74, 6) is 0.953. The molecule has 1 heterocycles. The molecule has 0 unspecified atom stereocenters. The Bertz CT molecular complexity index is 755. The number of aromatic nitrogens is 1. The van der Waals surface area contributed by atoms with Crippen molar-refractivity contribution >= 4 is 10.9 Å². The molecule has 102 valence electrons. The summed E-state index contributed by atoms with van der Waals surface area (Å²) in [7, 11) is 2.10. The van der Waals surface area contributed by atoms with E-state index in [1.54, 1.807) is 0 Å². The van der Waals surface area contributed by atoms with E-state index in [-0.39, 0.29) is 0 Å². The second kappa shape index (κ2) is 5.04. The Morgan fingerprint density at radius 3 is 2.45 bits per heavy atom. The van der Waals surface area contributed by atoms with Gasteiger partial charge in [-0.25, -0.2) is 0 Å². The summed E-state index contributed by atoms with van der Waals surface area (Å²) in [5.41, 5.74) is 4.92. The van der Waals surface area contributed by atoms with E-state index in [1.165, 1.54) is 27.7 Å². The zero-order chi connectivity index (χ0) is 14.1. The van der Waals surface area contributed by atoms with Crippen LogP contribution in [-0.2, 0) is 13.7 Å². The van der Waals surface area contributed by atoms with E-state index in [9.17, 15) is 0 Å². The minimum Gasteiger partial charge on any atom is -0.487 e. The molecular weight excluding hydrogens is 246 g/mol. The summed E-state index contributed by atoms with van der Waals surface area (Å²) < 4.78 is 8.16. The maximum atomic E-state index is 5.95. The molecule has 0 fully saturated rings. The van der Waals surface area contributed by atoms with Crippen LogP contribution in [-0.4, -0.2) is 4.57 Å². The maximum Gasteiger partial charge on any atom is 0.128 e. The van der Waals surface area contributed by atoms with Crippen LogP contribution in [0.25, 0.3) is 10.9 Å². The number of aryl methyl sites for hydroxylation is 3. The van der Waals surface area contributed by atoms with Crippen LogP contribution in [0.3, 0.4) is 0 Å². The highest BCUT2D eigenvalue weighted by Gasteiger charge is 2.08. The van der Waals surface area contributed by atoms with Gasteiger partial charge in [0.1, 0.15) is 12.4 Å². The normalized spacial score (nSPS) is 10.9. The SMILES string of the molecule is Cc1ccccc1OCc1cc2c(C)cccc2n1C. The fourth-order valence-corrected chi connectivity index (χ4v) is 2.57. The predicted octanol–water partition coefficient (Wildman–Crippen LogP) is 4.37. The fraction of sp³-hybridized carbons (Fsp3) is 0.222. The zero-order valence-corrected chi connectivity index (χ0v) is 12.2. The lowest BCUT2D eigenvalue weighted by Crippen LogP contribution is -2.02. The third kappa shape index (κ3) is 2.18. The summed E-state index contributed by atoms with van der Waals surface area (Å²) in [4.78, 5) is 0. The standard InChI is InChI=1S/C18H19NO/c1-13-8-6-9-17-16(13)11-15(19(17)3)12-20-18-10-5-4-7-14(18)2/h4-11H,12H2,1-3H3. The largest absolute Gasteiger partial charge is 0.487 e. The molecule has 20 heavy (non-hydrogen) atoms. The number of hydrogen-bond acceptors (Lipinski definition) is 1. The highest BCUT2D eigenvalue weighted by atomic mass is 16.5. The molecule has 0 spiro atoms. The van der Waals surface area contributed by atoms with E-state index in [2.05, 4.69) is 55.8 Å². The van der Waals surface area contributed by atoms with Crippen molar-refractivity contribution in [2.24, 2.45) is 7.05 Å². The first-order valence-electron chi connectivity index (χ1n) is 6.89. The Morgan fingerprint density at radius 1 is 0.950 bits per heavy atom. The Kier molecular flexibility index (Phi) is 3.23. The van der Waals surface area contributed by atoms with Gasteiger partial charge in [0.15, 0.2) is 0 Å². The summed E-state index contributed by atoms with van der Waals surface area (Å²) in [6.45, 7) is 4.81. The van der Waals surface area contributed by atoms with Crippen LogP contribution in [0, 0.1) is 13.8 Å². The highest BCUT2D eigenvalue weighted by Crippen LogP contribution is 2.24. The van der Waals surface area contributed by atoms with Gasteiger partial charge in [-0.05, 0) is 43.2 Å². The molecule has 0 saturated heterocycles. The average molecular weight is 265 g/mol. The summed E-state index contributed by atoms with van der Waals surface area (Å²) >= 11 is 0. The molecule has 2 heteroatoms. The Balaban J connectivity index is 1.90. The Hall–Kier alpha value is -2.22. The Labute approximate surface area is 119 Å². The van der Waals surface area contributed by atoms with E-state index in [1.807, 2.05) is 18.2 Å². The lowest BCUT2D eigenvalue weighted by molar-refractivity contribution is 0.296. The zero-order valence-electron chi connectivity index (χ0n) is 12.2. The quantitative estimate of drug-likeness (QED) is 0.685. The topological polar surface area (TPSA) is 14.2 Å². The number of benzene rings is 2. The van der Waals surface area contributed by atoms with Gasteiger partial charge in [-0.15, -0.1) is 0 Å². The van der Waals surface area contributed by atoms with Crippen LogP contribution in [0.5, 0.6) is 5.75 Å². The highest BCUT2D eigenvalue weighted by molar-refractivity contribution is 5.84. The van der Waals surface area contributed by atoms with Crippen molar-refractivity contribution < 1.29 is 4.74 Å². The van der Waals surface area contributed by atoms with E-state index in [0.29, 0.717) is 6.61 Å². The predicted molar refractivity (Wildman–Crippen MR) is 83.2 cm³/mol. The molecule has 0 amide bonds. The third-order valence-corrected chi connectivity index (χ3v) is 3.87. The van der Waals surface area contributed by atoms with Gasteiger partial charge in [0.05, 0.1) is 5.69 Å². The van der Waals surface area contributed by atoms with Gasteiger partial charge in [0, 0.05) is 18.0 Å². The molecule has 0 bridgehead atoms. The van der Waals surface area contributed by atoms with Gasteiger partial charge in [0.2, 0.25) is 0 Å². The molecule has 1 aromatic heterocycles. The summed E-state index contributed by atoms with van der Waals surface area (Å²) in [6.07, 6.45) is 0. The van der Waals surface area contributed by atoms with E-state index < -0.39 is 0 Å². The van der Waals surface area contributed by atoms with Crippen molar-refractivity contribution in [1.29, 1.82) is 0 Å². The first kappa shape index (κ1) is 12.8. The molecule has 0 aliphatic rings. The van der Waals surface area contributed by atoms with Gasteiger partial charge in [-0.2, -0.15) is 0 Å². The van der Waals surface area contributed by atoms with Crippen LogP contribution >= 0.6 is 0 Å². The number of nitrogens with zero attached hydrogens (tertiary/aromatic N) is 1. The molecule has 2 nitrogen and oxygen atoms in total. The maximum absolute atomic E-state index is 5.95. The van der Waals surface area contributed by atoms with Crippen molar-refractivity contribution in [3.63, 3.8) is 0 Å². The molecular formula is C18H19NO. The average Bonchev–Trinajstić information content (AvgIpc) is 2.77. The van der Waals surface area contributed by atoms with Gasteiger partial charge in [-0.1, -0.05) is 30.3 Å². The molecule has 0 radical (unpaired) electrons. The number of hydrogen-bond donors (Lipinski definition) is 0. The van der Waals surface area contributed by atoms with Gasteiger partial charge in [-0.3, -0.25) is 0 Å². The van der Waals surface area contributed by atoms with Crippen molar-refractivity contribution in [2.45, 2.75) is 20.5 Å². The molecule has 3 rings (SSSR count). The van der Waals surface area contributed by atoms with Crippen LogP contribution in [0.4, 0.5) is 0 Å². The molecule has 0 saturated carbocycles. The van der Waals surface area contributed by atoms with Gasteiger partial charge in [0.25, 0.3) is 0 Å². The van der Waals surface area contributed by atoms with Crippen LogP contribution in [0.15, 0.2) is 48.5 Å². The Morgan fingerprint density at radius 2 is 1.70 bits per heavy atom. The third-order valence-electron chi connectivity index (χ3n) is 3.87. The fourth-order valence-electron chi connectivity index (χ4n) is 2.57. The molecule has 0 aliphatic carbocycles. The van der Waals surface area contributed by atoms with Crippen LogP contribution in [0.1, 0.15) is 16.8 Å². The first-order valence-corrected chi connectivity index (χ1v) is 6.89. The molecule has 0 N–H and O–H groups in total. The minimum atomic E-state index is 0.593. The van der Waals surface area contributed by atoms with Gasteiger partial charge < -0.3 is 9.30 Å². The van der Waals surface area contributed by atoms with Crippen LogP contribution < -0.4 is 4.74 Å². The smallest absolute Gasteiger partial charge is 0.128 e. The monoisotopic (exact) mass is 265 g/mol. The second-order valence-corrected chi connectivity index (χ2v) is 5.26. The lowest BCUT2D eigenvalue weighted by atomic mass is 10.1. The molecule has 2 aromatic carbocycles. The van der Waals surface area contributed by atoms with E-state index in [4.69, 9.17) is 4.74 Å². The summed E-state index contributed by atoms with van der Waals surface area (Å²) in [6, 6.07) is 16.8. The molecule has 0 atom stereocenters. The van der Waals surface area contributed by atoms with Gasteiger partial charge >= 0.3 is 0 Å². The molecule has 0 aliphatic heterocycles. The second-order valence-electron chi connectivity index (χ2n) is 5.26. The van der Waals surface area contributed by atoms with Crippen molar-refractivity contribution in [3.8, 4) is 5.75 Å². The number of rotatable bonds is 3. The number of para-hydroxylation sites is 1. The van der Waals surface area contributed by atoms with Crippen molar-refractivity contribution in [2.75, 3.05) is 0 Å². The van der Waals surface area contributed by atoms with Crippen LogP contribution in [0.2, 0.25) is 0 Å². The van der Waals surface area contributed by atoms with E-state index >= 15 is 0 Å². The van der Waals surface area contributed by atoms with Crippen molar-refractivity contribution in [1.82, 2.24) is 4.57 Å². The lowest BCUT2D eigenvalue weighted by Gasteiger charge is -2.09. The van der Waals surface area contributed by atoms with E-state index in [0.717, 1.165) is 5.75 Å².